The van der Waals surface area contributed by atoms with Crippen LogP contribution in [-0.4, -0.2) is 30.4 Å². The molecule has 5 heteroatoms. The maximum atomic E-state index is 12.1. The van der Waals surface area contributed by atoms with Gasteiger partial charge in [-0.2, -0.15) is 0 Å². The predicted molar refractivity (Wildman–Crippen MR) is 68.1 cm³/mol. The van der Waals surface area contributed by atoms with E-state index in [0.717, 1.165) is 5.56 Å². The molecule has 2 fully saturated rings. The second-order valence-electron chi connectivity index (χ2n) is 5.03. The summed E-state index contributed by atoms with van der Waals surface area (Å²) >= 11 is 0. The SMILES string of the molecule is COc1ccccc1CN1C(=O)C2C(CN)C2C1=O. The standard InChI is InChI=1S/C14H16N2O3/c1-19-10-5-3-2-4-8(10)7-16-13(17)11-9(6-15)12(11)14(16)18/h2-5,9,11-12H,6-7,15H2,1H3. The fourth-order valence-electron chi connectivity index (χ4n) is 2.97. The third-order valence-corrected chi connectivity index (χ3v) is 4.06. The molecule has 1 saturated heterocycles. The zero-order chi connectivity index (χ0) is 13.6. The highest BCUT2D eigenvalue weighted by atomic mass is 16.5. The van der Waals surface area contributed by atoms with E-state index >= 15 is 0 Å². The quantitative estimate of drug-likeness (QED) is 0.795. The summed E-state index contributed by atoms with van der Waals surface area (Å²) in [5, 5.41) is 0. The molecule has 0 spiro atoms. The summed E-state index contributed by atoms with van der Waals surface area (Å²) in [6.45, 7) is 0.696. The zero-order valence-electron chi connectivity index (χ0n) is 10.7. The van der Waals surface area contributed by atoms with Gasteiger partial charge in [-0.15, -0.1) is 0 Å². The van der Waals surface area contributed by atoms with Crippen molar-refractivity contribution in [1.29, 1.82) is 0 Å². The fourth-order valence-corrected chi connectivity index (χ4v) is 2.97. The van der Waals surface area contributed by atoms with Gasteiger partial charge >= 0.3 is 0 Å². The summed E-state index contributed by atoms with van der Waals surface area (Å²) in [5.41, 5.74) is 6.39. The second kappa shape index (κ2) is 4.35. The largest absolute Gasteiger partial charge is 0.496 e. The molecule has 2 N–H and O–H groups in total. The summed E-state index contributed by atoms with van der Waals surface area (Å²) in [4.78, 5) is 25.6. The summed E-state index contributed by atoms with van der Waals surface area (Å²) < 4.78 is 5.24. The molecule has 3 rings (SSSR count). The molecule has 2 aliphatic rings. The van der Waals surface area contributed by atoms with E-state index in [9.17, 15) is 9.59 Å². The number of imide groups is 1. The van der Waals surface area contributed by atoms with Crippen LogP contribution in [0.25, 0.3) is 0 Å². The van der Waals surface area contributed by atoms with Crippen molar-refractivity contribution in [2.75, 3.05) is 13.7 Å². The lowest BCUT2D eigenvalue weighted by atomic mass is 10.1. The van der Waals surface area contributed by atoms with E-state index in [4.69, 9.17) is 10.5 Å². The van der Waals surface area contributed by atoms with Crippen LogP contribution in [0.4, 0.5) is 0 Å². The number of carbonyl (C=O) groups is 2. The monoisotopic (exact) mass is 260 g/mol. The van der Waals surface area contributed by atoms with Crippen molar-refractivity contribution in [2.24, 2.45) is 23.5 Å². The van der Waals surface area contributed by atoms with E-state index in [1.165, 1.54) is 4.90 Å². The van der Waals surface area contributed by atoms with Gasteiger partial charge in [-0.3, -0.25) is 14.5 Å². The molecule has 1 aliphatic heterocycles. The number of rotatable bonds is 4. The van der Waals surface area contributed by atoms with Crippen molar-refractivity contribution in [3.63, 3.8) is 0 Å². The first kappa shape index (κ1) is 12.2. The molecule has 2 unspecified atom stereocenters. The van der Waals surface area contributed by atoms with E-state index < -0.39 is 0 Å². The Morgan fingerprint density at radius 3 is 2.42 bits per heavy atom. The van der Waals surface area contributed by atoms with Crippen LogP contribution < -0.4 is 10.5 Å². The highest BCUT2D eigenvalue weighted by molar-refractivity contribution is 6.09. The Balaban J connectivity index is 1.79. The first-order chi connectivity index (χ1) is 9.19. The highest BCUT2D eigenvalue weighted by Crippen LogP contribution is 2.53. The third kappa shape index (κ3) is 1.73. The van der Waals surface area contributed by atoms with Gasteiger partial charge < -0.3 is 10.5 Å². The Bertz CT molecular complexity index is 521. The maximum absolute atomic E-state index is 12.1. The van der Waals surface area contributed by atoms with Crippen LogP contribution >= 0.6 is 0 Å². The average Bonchev–Trinajstić information content (AvgIpc) is 3.12. The number of amides is 2. The summed E-state index contributed by atoms with van der Waals surface area (Å²) in [7, 11) is 1.58. The molecule has 1 aromatic carbocycles. The molecule has 100 valence electrons. The van der Waals surface area contributed by atoms with Gasteiger partial charge in [-0.05, 0) is 18.5 Å². The normalized spacial score (nSPS) is 28.5. The lowest BCUT2D eigenvalue weighted by molar-refractivity contribution is -0.142. The number of ether oxygens (including phenoxy) is 1. The first-order valence-electron chi connectivity index (χ1n) is 6.36. The molecular formula is C14H16N2O3. The highest BCUT2D eigenvalue weighted by Gasteiger charge is 2.66. The molecule has 0 aromatic heterocycles. The van der Waals surface area contributed by atoms with Crippen LogP contribution in [-0.2, 0) is 16.1 Å². The van der Waals surface area contributed by atoms with Gasteiger partial charge in [-0.25, -0.2) is 0 Å². The number of hydrogen-bond donors (Lipinski definition) is 1. The Morgan fingerprint density at radius 2 is 1.84 bits per heavy atom. The predicted octanol–water partition coefficient (Wildman–Crippen LogP) is 0.385. The van der Waals surface area contributed by atoms with Gasteiger partial charge in [0.1, 0.15) is 5.75 Å². The van der Waals surface area contributed by atoms with Crippen molar-refractivity contribution in [2.45, 2.75) is 6.54 Å². The molecule has 2 amide bonds. The van der Waals surface area contributed by atoms with Gasteiger partial charge in [0, 0.05) is 5.56 Å². The molecule has 1 saturated carbocycles. The van der Waals surface area contributed by atoms with Crippen molar-refractivity contribution in [3.05, 3.63) is 29.8 Å². The average molecular weight is 260 g/mol. The number of benzene rings is 1. The molecular weight excluding hydrogens is 244 g/mol. The number of nitrogens with zero attached hydrogens (tertiary/aromatic N) is 1. The van der Waals surface area contributed by atoms with E-state index in [-0.39, 0.29) is 36.1 Å². The van der Waals surface area contributed by atoms with E-state index in [1.807, 2.05) is 24.3 Å². The number of para-hydroxylation sites is 1. The van der Waals surface area contributed by atoms with E-state index in [2.05, 4.69) is 0 Å². The Hall–Kier alpha value is -1.88. The molecule has 1 aliphatic carbocycles. The minimum Gasteiger partial charge on any atom is -0.496 e. The van der Waals surface area contributed by atoms with Crippen LogP contribution in [0.15, 0.2) is 24.3 Å². The van der Waals surface area contributed by atoms with Crippen molar-refractivity contribution in [3.8, 4) is 5.75 Å². The summed E-state index contributed by atoms with van der Waals surface area (Å²) in [6, 6.07) is 7.41. The number of methoxy groups -OCH3 is 1. The Morgan fingerprint density at radius 1 is 1.21 bits per heavy atom. The zero-order valence-corrected chi connectivity index (χ0v) is 10.7. The maximum Gasteiger partial charge on any atom is 0.233 e. The number of hydrogen-bond acceptors (Lipinski definition) is 4. The van der Waals surface area contributed by atoms with Crippen LogP contribution in [0, 0.1) is 17.8 Å². The lowest BCUT2D eigenvalue weighted by Gasteiger charge is -2.19. The van der Waals surface area contributed by atoms with Crippen LogP contribution in [0.1, 0.15) is 5.56 Å². The van der Waals surface area contributed by atoms with Gasteiger partial charge in [0.15, 0.2) is 0 Å². The molecule has 0 bridgehead atoms. The van der Waals surface area contributed by atoms with Crippen LogP contribution in [0.5, 0.6) is 5.75 Å². The minimum atomic E-state index is -0.174. The van der Waals surface area contributed by atoms with Gasteiger partial charge in [-0.1, -0.05) is 18.2 Å². The number of carbonyl (C=O) groups excluding carboxylic acids is 2. The van der Waals surface area contributed by atoms with Gasteiger partial charge in [0.2, 0.25) is 11.8 Å². The Labute approximate surface area is 111 Å². The van der Waals surface area contributed by atoms with Gasteiger partial charge in [0.25, 0.3) is 0 Å². The topological polar surface area (TPSA) is 72.6 Å². The molecule has 19 heavy (non-hydrogen) atoms. The van der Waals surface area contributed by atoms with E-state index in [1.54, 1.807) is 7.11 Å². The lowest BCUT2D eigenvalue weighted by Crippen LogP contribution is -2.35. The van der Waals surface area contributed by atoms with Crippen molar-refractivity contribution < 1.29 is 14.3 Å². The van der Waals surface area contributed by atoms with Crippen LogP contribution in [0.2, 0.25) is 0 Å². The molecule has 1 aromatic rings. The molecule has 2 atom stereocenters. The van der Waals surface area contributed by atoms with Crippen molar-refractivity contribution in [1.82, 2.24) is 4.90 Å². The Kier molecular flexibility index (Phi) is 2.78. The van der Waals surface area contributed by atoms with Gasteiger partial charge in [0.05, 0.1) is 25.5 Å². The second-order valence-corrected chi connectivity index (χ2v) is 5.03. The summed E-state index contributed by atoms with van der Waals surface area (Å²) in [5.74, 6) is 0.236. The van der Waals surface area contributed by atoms with Crippen LogP contribution in [0.3, 0.4) is 0 Å². The number of piperidine rings is 1. The smallest absolute Gasteiger partial charge is 0.233 e. The summed E-state index contributed by atoms with van der Waals surface area (Å²) in [6.07, 6.45) is 0. The van der Waals surface area contributed by atoms with E-state index in [0.29, 0.717) is 12.3 Å². The number of fused-ring (bicyclic) bond motifs is 1. The molecule has 1 heterocycles. The molecule has 5 nitrogen and oxygen atoms in total. The van der Waals surface area contributed by atoms with Crippen molar-refractivity contribution >= 4 is 11.8 Å². The minimum absolute atomic E-state index is 0.0638. The third-order valence-electron chi connectivity index (χ3n) is 4.06. The number of nitrogens with two attached hydrogens (primary N) is 1. The molecule has 0 radical (unpaired) electrons. The first-order valence-corrected chi connectivity index (χ1v) is 6.36. The fraction of sp³-hybridized carbons (Fsp3) is 0.429. The number of likely N-dealkylation sites (tertiary alicyclic amines) is 1.